The Morgan fingerprint density at radius 1 is 1.48 bits per heavy atom. The van der Waals surface area contributed by atoms with Crippen LogP contribution in [-0.2, 0) is 4.79 Å². The molecule has 2 aliphatic rings. The van der Waals surface area contributed by atoms with Crippen LogP contribution < -0.4 is 10.2 Å². The molecule has 1 saturated heterocycles. The molecular weight excluding hydrogens is 310 g/mol. The molecule has 0 unspecified atom stereocenters. The summed E-state index contributed by atoms with van der Waals surface area (Å²) in [5.74, 6) is 0.279. The topological polar surface area (TPSA) is 72.3 Å². The van der Waals surface area contributed by atoms with E-state index in [1.807, 2.05) is 13.8 Å². The van der Waals surface area contributed by atoms with Gasteiger partial charge in [0.2, 0.25) is 5.91 Å². The highest BCUT2D eigenvalue weighted by Crippen LogP contribution is 2.39. The third kappa shape index (κ3) is 3.82. The average Bonchev–Trinajstić information content (AvgIpc) is 3.31. The number of hydrogen-bond donors (Lipinski definition) is 1. The minimum Gasteiger partial charge on any atom is -0.346 e. The molecule has 0 radical (unpaired) electrons. The smallest absolute Gasteiger partial charge is 0.235 e. The van der Waals surface area contributed by atoms with Gasteiger partial charge in [-0.2, -0.15) is 5.26 Å². The number of hydrogen-bond acceptors (Lipinski definition) is 6. The second-order valence-corrected chi connectivity index (χ2v) is 7.51. The Balaban J connectivity index is 1.47. The van der Waals surface area contributed by atoms with Crippen molar-refractivity contribution in [3.8, 4) is 6.07 Å². The number of aryl methyl sites for hydroxylation is 1. The van der Waals surface area contributed by atoms with Crippen molar-refractivity contribution in [2.45, 2.75) is 32.2 Å². The summed E-state index contributed by atoms with van der Waals surface area (Å²) in [4.78, 5) is 21.2. The van der Waals surface area contributed by atoms with Gasteiger partial charge in [0.1, 0.15) is 5.54 Å². The lowest BCUT2D eigenvalue weighted by molar-refractivity contribution is -0.123. The van der Waals surface area contributed by atoms with Crippen molar-refractivity contribution in [1.29, 1.82) is 5.26 Å². The van der Waals surface area contributed by atoms with Gasteiger partial charge in [-0.25, -0.2) is 4.98 Å². The third-order valence-electron chi connectivity index (χ3n) is 4.64. The van der Waals surface area contributed by atoms with Crippen molar-refractivity contribution in [1.82, 2.24) is 15.2 Å². The van der Waals surface area contributed by atoms with Gasteiger partial charge >= 0.3 is 0 Å². The summed E-state index contributed by atoms with van der Waals surface area (Å²) >= 11 is 1.67. The van der Waals surface area contributed by atoms with Gasteiger partial charge in [-0.1, -0.05) is 0 Å². The summed E-state index contributed by atoms with van der Waals surface area (Å²) in [7, 11) is 0. The van der Waals surface area contributed by atoms with Crippen LogP contribution in [0.15, 0.2) is 5.38 Å². The molecule has 1 atom stereocenters. The molecule has 6 nitrogen and oxygen atoms in total. The summed E-state index contributed by atoms with van der Waals surface area (Å²) in [5.41, 5.74) is 0.361. The van der Waals surface area contributed by atoms with Crippen LogP contribution >= 0.6 is 11.3 Å². The molecule has 0 spiro atoms. The fourth-order valence-electron chi connectivity index (χ4n) is 3.00. The van der Waals surface area contributed by atoms with Crippen LogP contribution in [0.1, 0.15) is 25.5 Å². The fraction of sp³-hybridized carbons (Fsp3) is 0.688. The summed E-state index contributed by atoms with van der Waals surface area (Å²) < 4.78 is 0. The Bertz CT molecular complexity index is 612. The molecule has 0 bridgehead atoms. The number of amides is 1. The highest BCUT2D eigenvalue weighted by Gasteiger charge is 2.43. The SMILES string of the molecule is Cc1csc(N2CCN(CC(=O)N[C@](C)(C#N)C3CC3)CC2)n1. The molecule has 7 heteroatoms. The Morgan fingerprint density at radius 3 is 2.70 bits per heavy atom. The zero-order chi connectivity index (χ0) is 16.4. The van der Waals surface area contributed by atoms with E-state index in [4.69, 9.17) is 0 Å². The number of aromatic nitrogens is 1. The number of rotatable bonds is 5. The summed E-state index contributed by atoms with van der Waals surface area (Å²) in [6, 6.07) is 2.27. The standard InChI is InChI=1S/C16H23N5OS/c1-12-10-23-15(18-12)21-7-5-20(6-8-21)9-14(22)19-16(2,11-17)13-3-4-13/h10,13H,3-9H2,1-2H3,(H,19,22)/t16-/m1/s1. The normalized spacial score (nSPS) is 21.5. The lowest BCUT2D eigenvalue weighted by Crippen LogP contribution is -2.53. The summed E-state index contributed by atoms with van der Waals surface area (Å²) in [6.45, 7) is 7.68. The van der Waals surface area contributed by atoms with Gasteiger partial charge < -0.3 is 10.2 Å². The van der Waals surface area contributed by atoms with Crippen LogP contribution in [0, 0.1) is 24.2 Å². The van der Waals surface area contributed by atoms with Gasteiger partial charge in [0.15, 0.2) is 5.13 Å². The Kier molecular flexibility index (Phi) is 4.55. The van der Waals surface area contributed by atoms with E-state index >= 15 is 0 Å². The van der Waals surface area contributed by atoms with E-state index in [1.54, 1.807) is 11.3 Å². The maximum atomic E-state index is 12.2. The molecular formula is C16H23N5OS. The molecule has 1 saturated carbocycles. The van der Waals surface area contributed by atoms with Crippen LogP contribution in [0.25, 0.3) is 0 Å². The molecule has 1 aromatic heterocycles. The monoisotopic (exact) mass is 333 g/mol. The highest BCUT2D eigenvalue weighted by atomic mass is 32.1. The second kappa shape index (κ2) is 6.46. The number of carbonyl (C=O) groups excluding carboxylic acids is 1. The van der Waals surface area contributed by atoms with Crippen molar-refractivity contribution in [3.05, 3.63) is 11.1 Å². The van der Waals surface area contributed by atoms with Crippen LogP contribution in [0.3, 0.4) is 0 Å². The van der Waals surface area contributed by atoms with Gasteiger partial charge in [0.05, 0.1) is 18.3 Å². The molecule has 124 valence electrons. The first-order valence-electron chi connectivity index (χ1n) is 8.12. The van der Waals surface area contributed by atoms with E-state index < -0.39 is 5.54 Å². The predicted octanol–water partition coefficient (Wildman–Crippen LogP) is 1.38. The number of nitrogens with one attached hydrogen (secondary N) is 1. The predicted molar refractivity (Wildman–Crippen MR) is 90.4 cm³/mol. The van der Waals surface area contributed by atoms with E-state index in [-0.39, 0.29) is 5.91 Å². The quantitative estimate of drug-likeness (QED) is 0.881. The Hall–Kier alpha value is -1.65. The molecule has 1 aliphatic carbocycles. The highest BCUT2D eigenvalue weighted by molar-refractivity contribution is 7.13. The third-order valence-corrected chi connectivity index (χ3v) is 5.66. The minimum atomic E-state index is -0.697. The molecule has 1 N–H and O–H groups in total. The number of anilines is 1. The van der Waals surface area contributed by atoms with Crippen molar-refractivity contribution in [2.75, 3.05) is 37.6 Å². The van der Waals surface area contributed by atoms with Crippen molar-refractivity contribution < 1.29 is 4.79 Å². The number of nitrogens with zero attached hydrogens (tertiary/aromatic N) is 4. The number of piperazine rings is 1. The van der Waals surface area contributed by atoms with E-state index in [0.29, 0.717) is 12.5 Å². The average molecular weight is 333 g/mol. The van der Waals surface area contributed by atoms with Crippen molar-refractivity contribution >= 4 is 22.4 Å². The van der Waals surface area contributed by atoms with Gasteiger partial charge in [-0.05, 0) is 32.6 Å². The largest absolute Gasteiger partial charge is 0.346 e. The molecule has 1 aromatic rings. The first-order chi connectivity index (χ1) is 11.0. The van der Waals surface area contributed by atoms with E-state index in [2.05, 4.69) is 31.5 Å². The van der Waals surface area contributed by atoms with Crippen molar-refractivity contribution in [2.24, 2.45) is 5.92 Å². The zero-order valence-electron chi connectivity index (χ0n) is 13.7. The minimum absolute atomic E-state index is 0.0421. The zero-order valence-corrected chi connectivity index (χ0v) is 14.5. The van der Waals surface area contributed by atoms with E-state index in [1.165, 1.54) is 0 Å². The first-order valence-corrected chi connectivity index (χ1v) is 9.00. The number of thiazole rings is 1. The first kappa shape index (κ1) is 16.2. The lowest BCUT2D eigenvalue weighted by atomic mass is 9.98. The Morgan fingerprint density at radius 2 is 2.17 bits per heavy atom. The molecule has 2 fully saturated rings. The van der Waals surface area contributed by atoms with Crippen LogP contribution in [0.4, 0.5) is 5.13 Å². The van der Waals surface area contributed by atoms with Gasteiger partial charge in [0, 0.05) is 31.6 Å². The molecule has 0 aromatic carbocycles. The van der Waals surface area contributed by atoms with Crippen molar-refractivity contribution in [3.63, 3.8) is 0 Å². The van der Waals surface area contributed by atoms with Gasteiger partial charge in [-0.15, -0.1) is 11.3 Å². The summed E-state index contributed by atoms with van der Waals surface area (Å²) in [6.07, 6.45) is 2.08. The van der Waals surface area contributed by atoms with E-state index in [0.717, 1.165) is 49.8 Å². The molecule has 3 rings (SSSR count). The number of nitriles is 1. The maximum absolute atomic E-state index is 12.2. The summed E-state index contributed by atoms with van der Waals surface area (Å²) in [5, 5.41) is 15.4. The molecule has 2 heterocycles. The maximum Gasteiger partial charge on any atom is 0.235 e. The molecule has 1 amide bonds. The molecule has 23 heavy (non-hydrogen) atoms. The van der Waals surface area contributed by atoms with Crippen LogP contribution in [0.2, 0.25) is 0 Å². The molecule has 1 aliphatic heterocycles. The van der Waals surface area contributed by atoms with E-state index in [9.17, 15) is 10.1 Å². The van der Waals surface area contributed by atoms with Crippen LogP contribution in [0.5, 0.6) is 0 Å². The lowest BCUT2D eigenvalue weighted by Gasteiger charge is -2.34. The van der Waals surface area contributed by atoms with Crippen LogP contribution in [-0.4, -0.2) is 54.1 Å². The number of carbonyl (C=O) groups is 1. The van der Waals surface area contributed by atoms with Gasteiger partial charge in [0.25, 0.3) is 0 Å². The fourth-order valence-corrected chi connectivity index (χ4v) is 3.86. The second-order valence-electron chi connectivity index (χ2n) is 6.67. The van der Waals surface area contributed by atoms with Gasteiger partial charge in [-0.3, -0.25) is 9.69 Å². The Labute approximate surface area is 141 Å².